The Morgan fingerprint density at radius 2 is 1.86 bits per heavy atom. The van der Waals surface area contributed by atoms with E-state index < -0.39 is 22.1 Å². The monoisotopic (exact) mass is 408 g/mol. The topological polar surface area (TPSA) is 76.6 Å². The molecule has 1 aromatic heterocycles. The Morgan fingerprint density at radius 1 is 1.07 bits per heavy atom. The summed E-state index contributed by atoms with van der Waals surface area (Å²) in [5, 5.41) is 0. The maximum atomic E-state index is 13.2. The molecule has 0 spiro atoms. The number of anilines is 1. The van der Waals surface area contributed by atoms with Crippen molar-refractivity contribution in [1.82, 2.24) is 4.98 Å². The molecule has 1 aliphatic rings. The number of aromatic nitrogens is 1. The van der Waals surface area contributed by atoms with Crippen LogP contribution in [0.2, 0.25) is 0 Å². The Morgan fingerprint density at radius 3 is 2.66 bits per heavy atom. The van der Waals surface area contributed by atoms with Crippen molar-refractivity contribution in [2.45, 2.75) is 24.3 Å². The van der Waals surface area contributed by atoms with Gasteiger partial charge in [0.05, 0.1) is 21.8 Å². The van der Waals surface area contributed by atoms with Crippen LogP contribution in [0.4, 0.5) is 5.69 Å². The van der Waals surface area contributed by atoms with Gasteiger partial charge >= 0.3 is 5.97 Å². The Bertz CT molecular complexity index is 1150. The van der Waals surface area contributed by atoms with Crippen LogP contribution < -0.4 is 4.31 Å². The van der Waals surface area contributed by atoms with Gasteiger partial charge in [-0.15, -0.1) is 0 Å². The lowest BCUT2D eigenvalue weighted by atomic mass is 10.2. The van der Waals surface area contributed by atoms with Crippen LogP contribution in [0.3, 0.4) is 0 Å². The molecule has 0 saturated heterocycles. The number of hydrogen-bond donors (Lipinski definition) is 0. The van der Waals surface area contributed by atoms with Gasteiger partial charge in [-0.2, -0.15) is 0 Å². The molecule has 29 heavy (non-hydrogen) atoms. The van der Waals surface area contributed by atoms with E-state index in [1.807, 2.05) is 24.3 Å². The number of nitrogens with zero attached hydrogens (tertiary/aromatic N) is 2. The van der Waals surface area contributed by atoms with Crippen molar-refractivity contribution in [3.8, 4) is 0 Å². The molecule has 1 unspecified atom stereocenters. The molecule has 0 radical (unpaired) electrons. The summed E-state index contributed by atoms with van der Waals surface area (Å²) in [4.78, 5) is 16.8. The maximum absolute atomic E-state index is 13.2. The normalized spacial score (nSPS) is 14.3. The smallest absolute Gasteiger partial charge is 0.338 e. The summed E-state index contributed by atoms with van der Waals surface area (Å²) in [6.07, 6.45) is 1.74. The number of sulfonamides is 1. The van der Waals surface area contributed by atoms with Gasteiger partial charge in [-0.1, -0.05) is 30.3 Å². The van der Waals surface area contributed by atoms with Gasteiger partial charge in [-0.3, -0.25) is 9.29 Å². The van der Waals surface area contributed by atoms with Gasteiger partial charge in [0.1, 0.15) is 6.10 Å². The largest absolute Gasteiger partial charge is 0.453 e. The molecule has 0 aliphatic carbocycles. The van der Waals surface area contributed by atoms with Crippen LogP contribution in [0.15, 0.2) is 77.8 Å². The number of fused-ring (bicyclic) bond motifs is 1. The Balaban J connectivity index is 1.58. The highest BCUT2D eigenvalue weighted by Gasteiger charge is 2.31. The minimum Gasteiger partial charge on any atom is -0.453 e. The van der Waals surface area contributed by atoms with E-state index in [4.69, 9.17) is 4.74 Å². The third-order valence-corrected chi connectivity index (χ3v) is 6.70. The average Bonchev–Trinajstić information content (AvgIpc) is 3.19. The van der Waals surface area contributed by atoms with Gasteiger partial charge in [0.15, 0.2) is 0 Å². The number of pyridine rings is 1. The number of carbonyl (C=O) groups excluding carboxylic acids is 1. The van der Waals surface area contributed by atoms with Crippen LogP contribution in [0.25, 0.3) is 0 Å². The summed E-state index contributed by atoms with van der Waals surface area (Å²) in [5.74, 6) is -0.595. The quantitative estimate of drug-likeness (QED) is 0.601. The molecule has 2 aromatic carbocycles. The lowest BCUT2D eigenvalue weighted by Gasteiger charge is -2.20. The molecular formula is C22H20N2O4S. The molecule has 0 saturated carbocycles. The van der Waals surface area contributed by atoms with Gasteiger partial charge in [-0.05, 0) is 55.3 Å². The van der Waals surface area contributed by atoms with Crippen molar-refractivity contribution >= 4 is 21.7 Å². The molecule has 6 nitrogen and oxygen atoms in total. The standard InChI is InChI=1S/C22H20N2O4S/c1-16(20-10-4-5-13-23-20)28-22(25)18-8-6-9-19(15-18)29(26,27)24-14-12-17-7-2-3-11-21(17)24/h2-11,13,15-16H,12,14H2,1H3. The average molecular weight is 408 g/mol. The van der Waals surface area contributed by atoms with Crippen LogP contribution in [0.1, 0.15) is 34.6 Å². The molecule has 0 N–H and O–H groups in total. The van der Waals surface area contributed by atoms with E-state index in [-0.39, 0.29) is 10.5 Å². The van der Waals surface area contributed by atoms with Crippen LogP contribution in [0, 0.1) is 0 Å². The molecule has 148 valence electrons. The van der Waals surface area contributed by atoms with E-state index in [0.29, 0.717) is 24.3 Å². The number of benzene rings is 2. The van der Waals surface area contributed by atoms with Crippen molar-refractivity contribution in [1.29, 1.82) is 0 Å². The maximum Gasteiger partial charge on any atom is 0.338 e. The van der Waals surface area contributed by atoms with Crippen LogP contribution in [-0.4, -0.2) is 25.9 Å². The summed E-state index contributed by atoms with van der Waals surface area (Å²) in [5.41, 5.74) is 2.49. The lowest BCUT2D eigenvalue weighted by molar-refractivity contribution is 0.0329. The summed E-state index contributed by atoms with van der Waals surface area (Å²) in [7, 11) is -3.78. The fraction of sp³-hybridized carbons (Fsp3) is 0.182. The third-order valence-electron chi connectivity index (χ3n) is 4.89. The molecule has 4 rings (SSSR count). The summed E-state index contributed by atoms with van der Waals surface area (Å²) < 4.78 is 33.2. The second-order valence-electron chi connectivity index (χ2n) is 6.79. The Kier molecular flexibility index (Phi) is 5.07. The highest BCUT2D eigenvalue weighted by atomic mass is 32.2. The van der Waals surface area contributed by atoms with Crippen molar-refractivity contribution in [2.75, 3.05) is 10.8 Å². The third kappa shape index (κ3) is 3.73. The van der Waals surface area contributed by atoms with E-state index in [0.717, 1.165) is 5.56 Å². The number of carbonyl (C=O) groups is 1. The van der Waals surface area contributed by atoms with Gasteiger partial charge in [0, 0.05) is 12.7 Å². The highest BCUT2D eigenvalue weighted by molar-refractivity contribution is 7.92. The number of esters is 1. The van der Waals surface area contributed by atoms with Crippen molar-refractivity contribution < 1.29 is 17.9 Å². The highest BCUT2D eigenvalue weighted by Crippen LogP contribution is 2.32. The molecule has 3 aromatic rings. The fourth-order valence-electron chi connectivity index (χ4n) is 3.37. The molecule has 1 atom stereocenters. The van der Waals surface area contributed by atoms with Gasteiger partial charge in [0.2, 0.25) is 0 Å². The number of para-hydroxylation sites is 1. The van der Waals surface area contributed by atoms with E-state index >= 15 is 0 Å². The van der Waals surface area contributed by atoms with Crippen LogP contribution in [-0.2, 0) is 21.2 Å². The summed E-state index contributed by atoms with van der Waals surface area (Å²) in [6, 6.07) is 18.8. The second-order valence-corrected chi connectivity index (χ2v) is 8.65. The molecule has 2 heterocycles. The predicted molar refractivity (Wildman–Crippen MR) is 109 cm³/mol. The predicted octanol–water partition coefficient (Wildman–Crippen LogP) is 3.75. The summed E-state index contributed by atoms with van der Waals surface area (Å²) in [6.45, 7) is 2.11. The van der Waals surface area contributed by atoms with Crippen LogP contribution in [0.5, 0.6) is 0 Å². The fourth-order valence-corrected chi connectivity index (χ4v) is 4.92. The number of hydrogen-bond acceptors (Lipinski definition) is 5. The second kappa shape index (κ2) is 7.67. The van der Waals surface area contributed by atoms with E-state index in [1.165, 1.54) is 16.4 Å². The van der Waals surface area contributed by atoms with E-state index in [9.17, 15) is 13.2 Å². The molecule has 7 heteroatoms. The zero-order valence-electron chi connectivity index (χ0n) is 15.9. The molecule has 0 bridgehead atoms. The number of rotatable bonds is 5. The molecule has 0 amide bonds. The molecule has 0 fully saturated rings. The van der Waals surface area contributed by atoms with Crippen molar-refractivity contribution in [3.63, 3.8) is 0 Å². The van der Waals surface area contributed by atoms with E-state index in [2.05, 4.69) is 4.98 Å². The molecule has 1 aliphatic heterocycles. The zero-order valence-corrected chi connectivity index (χ0v) is 16.7. The van der Waals surface area contributed by atoms with Crippen molar-refractivity contribution in [3.05, 3.63) is 89.7 Å². The zero-order chi connectivity index (χ0) is 20.4. The first-order valence-electron chi connectivity index (χ1n) is 9.29. The molecular weight excluding hydrogens is 388 g/mol. The van der Waals surface area contributed by atoms with Crippen LogP contribution >= 0.6 is 0 Å². The van der Waals surface area contributed by atoms with Crippen molar-refractivity contribution in [2.24, 2.45) is 0 Å². The Labute approximate surface area is 169 Å². The first-order chi connectivity index (χ1) is 14.0. The van der Waals surface area contributed by atoms with Gasteiger partial charge in [0.25, 0.3) is 10.0 Å². The summed E-state index contributed by atoms with van der Waals surface area (Å²) >= 11 is 0. The minimum absolute atomic E-state index is 0.0640. The minimum atomic E-state index is -3.78. The first-order valence-corrected chi connectivity index (χ1v) is 10.7. The van der Waals surface area contributed by atoms with Gasteiger partial charge < -0.3 is 4.74 Å². The number of ether oxygens (including phenoxy) is 1. The Hall–Kier alpha value is -3.19. The first kappa shape index (κ1) is 19.1. The SMILES string of the molecule is CC(OC(=O)c1cccc(S(=O)(=O)N2CCc3ccccc32)c1)c1ccccn1. The lowest BCUT2D eigenvalue weighted by Crippen LogP contribution is -2.29. The van der Waals surface area contributed by atoms with Gasteiger partial charge in [-0.25, -0.2) is 13.2 Å². The van der Waals surface area contributed by atoms with E-state index in [1.54, 1.807) is 43.5 Å².